The highest BCUT2D eigenvalue weighted by molar-refractivity contribution is 9.11. The third-order valence-electron chi connectivity index (χ3n) is 4.27. The molecule has 0 unspecified atom stereocenters. The third kappa shape index (κ3) is 3.06. The summed E-state index contributed by atoms with van der Waals surface area (Å²) >= 11 is 5.13. The van der Waals surface area contributed by atoms with Crippen molar-refractivity contribution < 1.29 is 4.79 Å². The van der Waals surface area contributed by atoms with Crippen LogP contribution in [0.3, 0.4) is 0 Å². The quantitative estimate of drug-likeness (QED) is 0.842. The number of benzene rings is 1. The molecular weight excluding hydrogens is 346 g/mol. The summed E-state index contributed by atoms with van der Waals surface area (Å²) in [5.41, 5.74) is 0.836. The zero-order valence-electron chi connectivity index (χ0n) is 11.8. The van der Waals surface area contributed by atoms with Gasteiger partial charge in [-0.1, -0.05) is 43.2 Å². The Morgan fingerprint density at radius 2 is 1.86 bits per heavy atom. The zero-order valence-corrected chi connectivity index (χ0v) is 14.2. The van der Waals surface area contributed by atoms with E-state index in [1.54, 1.807) is 11.3 Å². The Bertz CT molecular complexity index is 617. The minimum Gasteiger partial charge on any atom is -0.350 e. The maximum atomic E-state index is 12.8. The molecule has 1 saturated carbocycles. The Balaban J connectivity index is 1.76. The number of halogens is 1. The van der Waals surface area contributed by atoms with Gasteiger partial charge in [-0.05, 0) is 46.5 Å². The number of rotatable bonds is 4. The van der Waals surface area contributed by atoms with Crippen LogP contribution in [-0.2, 0) is 16.8 Å². The fraction of sp³-hybridized carbons (Fsp3) is 0.353. The molecule has 2 aromatic rings. The smallest absolute Gasteiger partial charge is 0.230 e. The SMILES string of the molecule is O=C(NCc1ccc(Br)s1)C1(c2ccccc2)CCCC1. The predicted octanol–water partition coefficient (Wildman–Crippen LogP) is 4.64. The molecule has 0 bridgehead atoms. The first-order valence-electron chi connectivity index (χ1n) is 7.29. The molecule has 110 valence electrons. The first kappa shape index (κ1) is 14.8. The molecule has 1 aromatic heterocycles. The molecule has 0 aliphatic heterocycles. The largest absolute Gasteiger partial charge is 0.350 e. The van der Waals surface area contributed by atoms with Gasteiger partial charge in [-0.15, -0.1) is 11.3 Å². The lowest BCUT2D eigenvalue weighted by molar-refractivity contribution is -0.126. The van der Waals surface area contributed by atoms with E-state index < -0.39 is 0 Å². The molecule has 0 spiro atoms. The second-order valence-electron chi connectivity index (χ2n) is 5.54. The van der Waals surface area contributed by atoms with Crippen LogP contribution in [0.15, 0.2) is 46.3 Å². The molecule has 1 heterocycles. The van der Waals surface area contributed by atoms with Gasteiger partial charge in [-0.2, -0.15) is 0 Å². The second-order valence-corrected chi connectivity index (χ2v) is 8.09. The van der Waals surface area contributed by atoms with Crippen LogP contribution in [0, 0.1) is 0 Å². The number of carbonyl (C=O) groups excluding carboxylic acids is 1. The highest BCUT2D eigenvalue weighted by Crippen LogP contribution is 2.41. The van der Waals surface area contributed by atoms with E-state index in [2.05, 4.69) is 39.4 Å². The molecule has 4 heteroatoms. The number of amides is 1. The van der Waals surface area contributed by atoms with Crippen LogP contribution >= 0.6 is 27.3 Å². The van der Waals surface area contributed by atoms with Crippen molar-refractivity contribution in [2.45, 2.75) is 37.6 Å². The van der Waals surface area contributed by atoms with E-state index in [1.165, 1.54) is 4.88 Å². The number of nitrogens with one attached hydrogen (secondary N) is 1. The molecule has 1 N–H and O–H groups in total. The number of hydrogen-bond donors (Lipinski definition) is 1. The van der Waals surface area contributed by atoms with E-state index in [0.29, 0.717) is 6.54 Å². The van der Waals surface area contributed by atoms with Gasteiger partial charge < -0.3 is 5.32 Å². The fourth-order valence-electron chi connectivity index (χ4n) is 3.17. The standard InChI is InChI=1S/C17H18BrNOS/c18-15-9-8-14(21-15)12-19-16(20)17(10-4-5-11-17)13-6-2-1-3-7-13/h1-3,6-9H,4-5,10-12H2,(H,19,20). The second kappa shape index (κ2) is 6.32. The summed E-state index contributed by atoms with van der Waals surface area (Å²) in [6.07, 6.45) is 4.17. The molecule has 21 heavy (non-hydrogen) atoms. The van der Waals surface area contributed by atoms with Crippen molar-refractivity contribution >= 4 is 33.2 Å². The Labute approximate surface area is 137 Å². The molecule has 3 rings (SSSR count). The van der Waals surface area contributed by atoms with Gasteiger partial charge >= 0.3 is 0 Å². The van der Waals surface area contributed by atoms with E-state index >= 15 is 0 Å². The normalized spacial score (nSPS) is 16.8. The van der Waals surface area contributed by atoms with E-state index in [1.807, 2.05) is 24.3 Å². The van der Waals surface area contributed by atoms with Gasteiger partial charge in [0.25, 0.3) is 0 Å². The Kier molecular flexibility index (Phi) is 4.45. The van der Waals surface area contributed by atoms with Gasteiger partial charge in [0.05, 0.1) is 15.7 Å². The van der Waals surface area contributed by atoms with Crippen molar-refractivity contribution in [2.75, 3.05) is 0 Å². The Morgan fingerprint density at radius 1 is 1.14 bits per heavy atom. The molecule has 1 aromatic carbocycles. The molecule has 0 atom stereocenters. The molecule has 0 radical (unpaired) electrons. The van der Waals surface area contributed by atoms with Crippen molar-refractivity contribution in [3.63, 3.8) is 0 Å². The van der Waals surface area contributed by atoms with Crippen LogP contribution in [-0.4, -0.2) is 5.91 Å². The maximum Gasteiger partial charge on any atom is 0.230 e. The molecular formula is C17H18BrNOS. The minimum atomic E-state index is -0.324. The summed E-state index contributed by atoms with van der Waals surface area (Å²) in [4.78, 5) is 14.0. The van der Waals surface area contributed by atoms with Crippen LogP contribution in [0.1, 0.15) is 36.1 Å². The number of thiophene rings is 1. The summed E-state index contributed by atoms with van der Waals surface area (Å²) in [6.45, 7) is 0.615. The van der Waals surface area contributed by atoms with E-state index in [0.717, 1.165) is 35.0 Å². The molecule has 0 saturated heterocycles. The summed E-state index contributed by atoms with van der Waals surface area (Å²) < 4.78 is 1.10. The number of hydrogen-bond acceptors (Lipinski definition) is 2. The van der Waals surface area contributed by atoms with Gasteiger partial charge in [-0.3, -0.25) is 4.79 Å². The van der Waals surface area contributed by atoms with Crippen molar-refractivity contribution in [3.05, 3.63) is 56.7 Å². The molecule has 1 aliphatic rings. The number of carbonyl (C=O) groups is 1. The van der Waals surface area contributed by atoms with Gasteiger partial charge in [0.1, 0.15) is 0 Å². The monoisotopic (exact) mass is 363 g/mol. The van der Waals surface area contributed by atoms with Crippen LogP contribution in [0.4, 0.5) is 0 Å². The highest BCUT2D eigenvalue weighted by atomic mass is 79.9. The lowest BCUT2D eigenvalue weighted by Crippen LogP contribution is -2.42. The highest BCUT2D eigenvalue weighted by Gasteiger charge is 2.42. The first-order valence-corrected chi connectivity index (χ1v) is 8.90. The topological polar surface area (TPSA) is 29.1 Å². The molecule has 2 nitrogen and oxygen atoms in total. The van der Waals surface area contributed by atoms with Crippen molar-refractivity contribution in [1.29, 1.82) is 0 Å². The van der Waals surface area contributed by atoms with Crippen molar-refractivity contribution in [3.8, 4) is 0 Å². The fourth-order valence-corrected chi connectivity index (χ4v) is 4.59. The predicted molar refractivity (Wildman–Crippen MR) is 90.5 cm³/mol. The average molecular weight is 364 g/mol. The maximum absolute atomic E-state index is 12.8. The average Bonchev–Trinajstić information content (AvgIpc) is 3.15. The van der Waals surface area contributed by atoms with Crippen LogP contribution in [0.25, 0.3) is 0 Å². The van der Waals surface area contributed by atoms with Crippen LogP contribution in [0.2, 0.25) is 0 Å². The summed E-state index contributed by atoms with van der Waals surface area (Å²) in [5.74, 6) is 0.177. The Morgan fingerprint density at radius 3 is 2.48 bits per heavy atom. The van der Waals surface area contributed by atoms with Crippen LogP contribution in [0.5, 0.6) is 0 Å². The zero-order chi connectivity index (χ0) is 14.7. The van der Waals surface area contributed by atoms with Crippen molar-refractivity contribution in [2.24, 2.45) is 0 Å². The van der Waals surface area contributed by atoms with E-state index in [9.17, 15) is 4.79 Å². The molecule has 1 aliphatic carbocycles. The Hall–Kier alpha value is -1.13. The summed E-state index contributed by atoms with van der Waals surface area (Å²) in [6, 6.07) is 14.3. The van der Waals surface area contributed by atoms with E-state index in [4.69, 9.17) is 0 Å². The van der Waals surface area contributed by atoms with Gasteiger partial charge in [0.2, 0.25) is 5.91 Å². The van der Waals surface area contributed by atoms with Crippen molar-refractivity contribution in [1.82, 2.24) is 5.32 Å². The summed E-state index contributed by atoms with van der Waals surface area (Å²) in [5, 5.41) is 3.14. The van der Waals surface area contributed by atoms with Gasteiger partial charge in [0.15, 0.2) is 0 Å². The van der Waals surface area contributed by atoms with E-state index in [-0.39, 0.29) is 11.3 Å². The van der Waals surface area contributed by atoms with Gasteiger partial charge in [-0.25, -0.2) is 0 Å². The lowest BCUT2D eigenvalue weighted by atomic mass is 9.78. The lowest BCUT2D eigenvalue weighted by Gasteiger charge is -2.28. The van der Waals surface area contributed by atoms with Crippen LogP contribution < -0.4 is 5.32 Å². The minimum absolute atomic E-state index is 0.177. The first-order chi connectivity index (χ1) is 10.2. The van der Waals surface area contributed by atoms with Gasteiger partial charge in [0, 0.05) is 4.88 Å². The summed E-state index contributed by atoms with van der Waals surface area (Å²) in [7, 11) is 0. The molecule has 1 amide bonds. The molecule has 1 fully saturated rings. The third-order valence-corrected chi connectivity index (χ3v) is 5.89.